The zero-order valence-corrected chi connectivity index (χ0v) is 10.3. The van der Waals surface area contributed by atoms with Crippen molar-refractivity contribution >= 4 is 0 Å². The summed E-state index contributed by atoms with van der Waals surface area (Å²) in [6.07, 6.45) is 3.03. The summed E-state index contributed by atoms with van der Waals surface area (Å²) in [4.78, 5) is 4.25. The lowest BCUT2D eigenvalue weighted by Crippen LogP contribution is -2.08. The van der Waals surface area contributed by atoms with Gasteiger partial charge in [0.25, 0.3) is 0 Å². The molecule has 0 saturated carbocycles. The molecule has 1 heterocycles. The average molecular weight is 210 g/mol. The summed E-state index contributed by atoms with van der Waals surface area (Å²) in [7, 11) is 0. The number of aromatic nitrogens is 2. The Morgan fingerprint density at radius 2 is 2.07 bits per heavy atom. The monoisotopic (exact) mass is 210 g/mol. The van der Waals surface area contributed by atoms with Gasteiger partial charge in [0, 0.05) is 18.8 Å². The third-order valence-electron chi connectivity index (χ3n) is 2.66. The number of imidazole rings is 1. The van der Waals surface area contributed by atoms with Crippen LogP contribution in [-0.4, -0.2) is 22.8 Å². The van der Waals surface area contributed by atoms with Crippen molar-refractivity contribution in [2.24, 2.45) is 5.92 Å². The van der Waals surface area contributed by atoms with Crippen molar-refractivity contribution in [1.82, 2.24) is 9.55 Å². The average Bonchev–Trinajstić information content (AvgIpc) is 2.48. The van der Waals surface area contributed by atoms with Crippen LogP contribution in [0.5, 0.6) is 0 Å². The van der Waals surface area contributed by atoms with Gasteiger partial charge < -0.3 is 9.30 Å². The summed E-state index contributed by atoms with van der Waals surface area (Å²) in [5, 5.41) is 0. The molecule has 1 aromatic rings. The standard InChI is InChI=1S/C12H22N2O/c1-10(2)5-7-15-8-6-14-9-13-11(3)12(14)4/h9-10H,5-8H2,1-4H3. The van der Waals surface area contributed by atoms with E-state index < -0.39 is 0 Å². The number of hydrogen-bond acceptors (Lipinski definition) is 2. The maximum atomic E-state index is 5.56. The Morgan fingerprint density at radius 1 is 1.33 bits per heavy atom. The van der Waals surface area contributed by atoms with Crippen molar-refractivity contribution in [2.45, 2.75) is 40.7 Å². The van der Waals surface area contributed by atoms with Crippen LogP contribution in [-0.2, 0) is 11.3 Å². The minimum Gasteiger partial charge on any atom is -0.380 e. The Morgan fingerprint density at radius 3 is 2.60 bits per heavy atom. The second kappa shape index (κ2) is 5.91. The van der Waals surface area contributed by atoms with Gasteiger partial charge in [0.05, 0.1) is 18.6 Å². The molecule has 0 unspecified atom stereocenters. The molecule has 3 heteroatoms. The first-order valence-corrected chi connectivity index (χ1v) is 5.67. The largest absolute Gasteiger partial charge is 0.380 e. The third kappa shape index (κ3) is 4.04. The van der Waals surface area contributed by atoms with Crippen LogP contribution in [0.15, 0.2) is 6.33 Å². The number of ether oxygens (including phenoxy) is 1. The van der Waals surface area contributed by atoms with Crippen molar-refractivity contribution in [3.05, 3.63) is 17.7 Å². The van der Waals surface area contributed by atoms with Gasteiger partial charge in [-0.3, -0.25) is 0 Å². The quantitative estimate of drug-likeness (QED) is 0.675. The second-order valence-corrected chi connectivity index (χ2v) is 4.40. The van der Waals surface area contributed by atoms with E-state index in [0.29, 0.717) is 0 Å². The Bertz CT molecular complexity index is 292. The molecule has 0 amide bonds. The summed E-state index contributed by atoms with van der Waals surface area (Å²) in [6.45, 7) is 11.1. The Balaban J connectivity index is 2.18. The zero-order chi connectivity index (χ0) is 11.3. The van der Waals surface area contributed by atoms with Gasteiger partial charge in [-0.15, -0.1) is 0 Å². The molecular weight excluding hydrogens is 188 g/mol. The Labute approximate surface area is 92.5 Å². The highest BCUT2D eigenvalue weighted by atomic mass is 16.5. The summed E-state index contributed by atoms with van der Waals surface area (Å²) in [6, 6.07) is 0. The van der Waals surface area contributed by atoms with Crippen LogP contribution < -0.4 is 0 Å². The molecule has 3 nitrogen and oxygen atoms in total. The van der Waals surface area contributed by atoms with E-state index in [-0.39, 0.29) is 0 Å². The van der Waals surface area contributed by atoms with E-state index in [9.17, 15) is 0 Å². The molecule has 15 heavy (non-hydrogen) atoms. The highest BCUT2D eigenvalue weighted by Gasteiger charge is 2.01. The van der Waals surface area contributed by atoms with E-state index in [1.54, 1.807) is 0 Å². The Kier molecular flexibility index (Phi) is 4.82. The van der Waals surface area contributed by atoms with Crippen LogP contribution in [0.25, 0.3) is 0 Å². The van der Waals surface area contributed by atoms with E-state index >= 15 is 0 Å². The van der Waals surface area contributed by atoms with Crippen molar-refractivity contribution < 1.29 is 4.74 Å². The number of aryl methyl sites for hydroxylation is 1. The summed E-state index contributed by atoms with van der Waals surface area (Å²) in [5.74, 6) is 0.724. The van der Waals surface area contributed by atoms with Gasteiger partial charge in [0.2, 0.25) is 0 Å². The van der Waals surface area contributed by atoms with Gasteiger partial charge in [-0.2, -0.15) is 0 Å². The molecule has 0 aliphatic heterocycles. The minimum atomic E-state index is 0.724. The maximum absolute atomic E-state index is 5.56. The van der Waals surface area contributed by atoms with Crippen LogP contribution in [0.3, 0.4) is 0 Å². The highest BCUT2D eigenvalue weighted by molar-refractivity contribution is 5.08. The molecule has 1 rings (SSSR count). The predicted molar refractivity (Wildman–Crippen MR) is 62.0 cm³/mol. The smallest absolute Gasteiger partial charge is 0.0952 e. The molecular formula is C12H22N2O. The molecule has 0 bridgehead atoms. The van der Waals surface area contributed by atoms with Crippen molar-refractivity contribution in [2.75, 3.05) is 13.2 Å². The van der Waals surface area contributed by atoms with E-state index in [2.05, 4.69) is 30.3 Å². The number of hydrogen-bond donors (Lipinski definition) is 0. The fraction of sp³-hybridized carbons (Fsp3) is 0.750. The van der Waals surface area contributed by atoms with Crippen LogP contribution in [0, 0.1) is 19.8 Å². The molecule has 0 spiro atoms. The van der Waals surface area contributed by atoms with Gasteiger partial charge in [-0.05, 0) is 26.2 Å². The van der Waals surface area contributed by atoms with E-state index in [0.717, 1.165) is 37.8 Å². The van der Waals surface area contributed by atoms with Crippen LogP contribution in [0.4, 0.5) is 0 Å². The summed E-state index contributed by atoms with van der Waals surface area (Å²) < 4.78 is 7.71. The van der Waals surface area contributed by atoms with Gasteiger partial charge >= 0.3 is 0 Å². The Hall–Kier alpha value is -0.830. The first-order valence-electron chi connectivity index (χ1n) is 5.67. The predicted octanol–water partition coefficient (Wildman–Crippen LogP) is 2.56. The first-order chi connectivity index (χ1) is 7.11. The summed E-state index contributed by atoms with van der Waals surface area (Å²) in [5.41, 5.74) is 2.35. The van der Waals surface area contributed by atoms with E-state index in [1.165, 1.54) is 5.69 Å². The first kappa shape index (κ1) is 12.2. The number of rotatable bonds is 6. The highest BCUT2D eigenvalue weighted by Crippen LogP contribution is 2.04. The zero-order valence-electron chi connectivity index (χ0n) is 10.3. The van der Waals surface area contributed by atoms with Crippen molar-refractivity contribution in [3.63, 3.8) is 0 Å². The van der Waals surface area contributed by atoms with Gasteiger partial charge in [0.1, 0.15) is 0 Å². The lowest BCUT2D eigenvalue weighted by atomic mass is 10.1. The second-order valence-electron chi connectivity index (χ2n) is 4.40. The molecule has 1 aromatic heterocycles. The normalized spacial score (nSPS) is 11.3. The lowest BCUT2D eigenvalue weighted by Gasteiger charge is -2.08. The SMILES string of the molecule is Cc1ncn(CCOCCC(C)C)c1C. The summed E-state index contributed by atoms with van der Waals surface area (Å²) >= 11 is 0. The molecule has 0 aromatic carbocycles. The molecule has 0 fully saturated rings. The topological polar surface area (TPSA) is 27.1 Å². The lowest BCUT2D eigenvalue weighted by molar-refractivity contribution is 0.116. The van der Waals surface area contributed by atoms with Crippen molar-refractivity contribution in [1.29, 1.82) is 0 Å². The number of nitrogens with zero attached hydrogens (tertiary/aromatic N) is 2. The molecule has 0 atom stereocenters. The molecule has 86 valence electrons. The van der Waals surface area contributed by atoms with Gasteiger partial charge in [0.15, 0.2) is 0 Å². The molecule has 0 aliphatic carbocycles. The van der Waals surface area contributed by atoms with Crippen LogP contribution >= 0.6 is 0 Å². The van der Waals surface area contributed by atoms with Gasteiger partial charge in [-0.25, -0.2) is 4.98 Å². The van der Waals surface area contributed by atoms with Gasteiger partial charge in [-0.1, -0.05) is 13.8 Å². The van der Waals surface area contributed by atoms with Crippen LogP contribution in [0.1, 0.15) is 31.7 Å². The molecule has 0 saturated heterocycles. The third-order valence-corrected chi connectivity index (χ3v) is 2.66. The van der Waals surface area contributed by atoms with Crippen LogP contribution in [0.2, 0.25) is 0 Å². The maximum Gasteiger partial charge on any atom is 0.0952 e. The molecule has 0 aliphatic rings. The van der Waals surface area contributed by atoms with E-state index in [1.807, 2.05) is 13.3 Å². The van der Waals surface area contributed by atoms with E-state index in [4.69, 9.17) is 4.74 Å². The minimum absolute atomic E-state index is 0.724. The fourth-order valence-corrected chi connectivity index (χ4v) is 1.35. The fourth-order valence-electron chi connectivity index (χ4n) is 1.35. The van der Waals surface area contributed by atoms with Crippen molar-refractivity contribution in [3.8, 4) is 0 Å². The molecule has 0 radical (unpaired) electrons. The molecule has 0 N–H and O–H groups in total.